The van der Waals surface area contributed by atoms with Crippen molar-refractivity contribution in [1.29, 1.82) is 5.26 Å². The van der Waals surface area contributed by atoms with Gasteiger partial charge in [-0.05, 0) is 30.0 Å². The molecule has 146 valence electrons. The van der Waals surface area contributed by atoms with Crippen molar-refractivity contribution in [1.82, 2.24) is 10.3 Å². The highest BCUT2D eigenvalue weighted by atomic mass is 32.1. The summed E-state index contributed by atoms with van der Waals surface area (Å²) in [5, 5.41) is 18.5. The van der Waals surface area contributed by atoms with Crippen molar-refractivity contribution >= 4 is 56.2 Å². The molecular weight excluding hydrogens is 410 g/mol. The number of carbonyl (C=O) groups excluding carboxylic acids is 1. The number of hydrogen-bond acceptors (Lipinski definition) is 9. The molecule has 9 nitrogen and oxygen atoms in total. The average molecular weight is 427 g/mol. The summed E-state index contributed by atoms with van der Waals surface area (Å²) in [4.78, 5) is 18.7. The van der Waals surface area contributed by atoms with Crippen LogP contribution < -0.4 is 21.5 Å². The molecule has 0 spiro atoms. The third-order valence-corrected chi connectivity index (χ3v) is 6.22. The van der Waals surface area contributed by atoms with E-state index in [1.165, 1.54) is 11.3 Å². The van der Waals surface area contributed by atoms with Gasteiger partial charge in [-0.3, -0.25) is 14.6 Å². The fraction of sp³-hybridized carbons (Fsp3) is 0.167. The monoisotopic (exact) mass is 426 g/mol. The first-order valence-electron chi connectivity index (χ1n) is 8.55. The Bertz CT molecular complexity index is 1270. The number of nitrogens with two attached hydrogens (primary N) is 2. The first-order valence-corrected chi connectivity index (χ1v) is 10.2. The molecule has 0 aliphatic heterocycles. The van der Waals surface area contributed by atoms with E-state index in [-0.39, 0.29) is 33.9 Å². The van der Waals surface area contributed by atoms with Crippen molar-refractivity contribution in [2.45, 2.75) is 19.9 Å². The van der Waals surface area contributed by atoms with Gasteiger partial charge in [0.1, 0.15) is 27.2 Å². The predicted molar refractivity (Wildman–Crippen MR) is 112 cm³/mol. The third-order valence-electron chi connectivity index (χ3n) is 4.24. The number of pyridine rings is 1. The smallest absolute Gasteiger partial charge is 0.302 e. The molecule has 5 N–H and O–H groups in total. The van der Waals surface area contributed by atoms with Crippen LogP contribution in [0.15, 0.2) is 28.2 Å². The van der Waals surface area contributed by atoms with Gasteiger partial charge in [0.05, 0.1) is 5.69 Å². The van der Waals surface area contributed by atoms with E-state index in [4.69, 9.17) is 16.0 Å². The Morgan fingerprint density at radius 3 is 2.83 bits per heavy atom. The number of nitrogen functional groups attached to an aromatic ring is 2. The molecule has 0 aromatic carbocycles. The molecule has 0 bridgehead atoms. The number of nitrogens with one attached hydrogen (secondary N) is 1. The summed E-state index contributed by atoms with van der Waals surface area (Å²) in [6.45, 7) is 3.88. The van der Waals surface area contributed by atoms with Crippen molar-refractivity contribution in [3.63, 3.8) is 0 Å². The number of thiophene rings is 2. The molecule has 29 heavy (non-hydrogen) atoms. The molecule has 0 aliphatic rings. The van der Waals surface area contributed by atoms with Gasteiger partial charge in [-0.1, -0.05) is 6.07 Å². The summed E-state index contributed by atoms with van der Waals surface area (Å²) in [5.41, 5.74) is 13.4. The minimum atomic E-state index is -0.452. The lowest BCUT2D eigenvalue weighted by atomic mass is 10.0. The van der Waals surface area contributed by atoms with Gasteiger partial charge >= 0.3 is 5.88 Å². The fourth-order valence-electron chi connectivity index (χ4n) is 2.84. The van der Waals surface area contributed by atoms with Gasteiger partial charge in [0.2, 0.25) is 5.27 Å². The number of rotatable bonds is 4. The van der Waals surface area contributed by atoms with Crippen molar-refractivity contribution in [2.24, 2.45) is 0 Å². The zero-order valence-corrected chi connectivity index (χ0v) is 17.1. The SMILES string of the molecule is CC(C)[n+]1cc(NC(=O)c2sc3nc(N)c(C#N)c(-c4cccs4)c3c2N)on1. The lowest BCUT2D eigenvalue weighted by Crippen LogP contribution is -2.36. The third kappa shape index (κ3) is 3.18. The molecule has 0 aliphatic carbocycles. The van der Waals surface area contributed by atoms with Crippen molar-refractivity contribution in [3.8, 4) is 16.5 Å². The second kappa shape index (κ2) is 7.16. The largest absolute Gasteiger partial charge is 0.397 e. The van der Waals surface area contributed by atoms with Gasteiger partial charge in [0, 0.05) is 15.8 Å². The lowest BCUT2D eigenvalue weighted by Gasteiger charge is -2.07. The quantitative estimate of drug-likeness (QED) is 0.424. The number of hydrogen-bond donors (Lipinski definition) is 3. The Labute approximate surface area is 173 Å². The van der Waals surface area contributed by atoms with Crippen LogP contribution in [0.2, 0.25) is 0 Å². The van der Waals surface area contributed by atoms with Gasteiger partial charge in [0.25, 0.3) is 12.1 Å². The van der Waals surface area contributed by atoms with E-state index in [0.717, 1.165) is 16.2 Å². The van der Waals surface area contributed by atoms with E-state index < -0.39 is 5.91 Å². The number of fused-ring (bicyclic) bond motifs is 1. The van der Waals surface area contributed by atoms with Crippen molar-refractivity contribution in [3.05, 3.63) is 34.2 Å². The van der Waals surface area contributed by atoms with Crippen molar-refractivity contribution in [2.75, 3.05) is 16.8 Å². The molecule has 0 fully saturated rings. The van der Waals surface area contributed by atoms with E-state index in [0.29, 0.717) is 15.8 Å². The van der Waals surface area contributed by atoms with Crippen molar-refractivity contribution < 1.29 is 14.0 Å². The van der Waals surface area contributed by atoms with Crippen LogP contribution in [0, 0.1) is 11.3 Å². The predicted octanol–water partition coefficient (Wildman–Crippen LogP) is 3.17. The zero-order chi connectivity index (χ0) is 20.7. The molecule has 4 aromatic rings. The highest BCUT2D eigenvalue weighted by molar-refractivity contribution is 7.21. The molecule has 4 heterocycles. The van der Waals surface area contributed by atoms with Crippen LogP contribution in [-0.4, -0.2) is 16.2 Å². The zero-order valence-electron chi connectivity index (χ0n) is 15.5. The summed E-state index contributed by atoms with van der Waals surface area (Å²) in [6.07, 6.45) is 1.59. The maximum Gasteiger partial charge on any atom is 0.302 e. The molecule has 0 radical (unpaired) electrons. The average Bonchev–Trinajstić information content (AvgIpc) is 3.41. The minimum absolute atomic E-state index is 0.0868. The lowest BCUT2D eigenvalue weighted by molar-refractivity contribution is -0.779. The fourth-order valence-corrected chi connectivity index (χ4v) is 4.63. The minimum Gasteiger partial charge on any atom is -0.397 e. The van der Waals surface area contributed by atoms with Crippen LogP contribution in [0.4, 0.5) is 17.4 Å². The first kappa shape index (κ1) is 18.9. The van der Waals surface area contributed by atoms with E-state index in [9.17, 15) is 10.1 Å². The van der Waals surface area contributed by atoms with E-state index in [2.05, 4.69) is 21.6 Å². The van der Waals surface area contributed by atoms with Crippen LogP contribution in [0.25, 0.3) is 20.7 Å². The Morgan fingerprint density at radius 1 is 1.41 bits per heavy atom. The summed E-state index contributed by atoms with van der Waals surface area (Å²) in [6, 6.07) is 5.93. The standard InChI is InChI=1S/C18H15N7O2S2/c1-8(2)25-7-11(27-24-25)22-17(26)15-14(20)13-12(10-4-3-5-28-10)9(6-19)16(21)23-18(13)29-15/h3-5,7-8H,1-2H3,(H4-,20,21,22,23,24,26)/p+1. The molecule has 0 saturated carbocycles. The molecular formula is C18H16N7O2S2+. The van der Waals surface area contributed by atoms with E-state index in [1.807, 2.05) is 31.4 Å². The number of aromatic nitrogens is 3. The topological polar surface area (TPSA) is 148 Å². The van der Waals surface area contributed by atoms with E-state index in [1.54, 1.807) is 10.9 Å². The van der Waals surface area contributed by atoms with Gasteiger partial charge in [-0.2, -0.15) is 5.26 Å². The molecule has 1 amide bonds. The number of carbonyl (C=O) groups is 1. The van der Waals surface area contributed by atoms with Crippen LogP contribution in [0.3, 0.4) is 0 Å². The highest BCUT2D eigenvalue weighted by Gasteiger charge is 2.26. The second-order valence-corrected chi connectivity index (χ2v) is 8.40. The van der Waals surface area contributed by atoms with Gasteiger partial charge < -0.3 is 11.5 Å². The Kier molecular flexibility index (Phi) is 4.65. The number of nitrogens with zero attached hydrogens (tertiary/aromatic N) is 4. The Balaban J connectivity index is 1.82. The summed E-state index contributed by atoms with van der Waals surface area (Å²) in [5.74, 6) is -0.152. The Morgan fingerprint density at radius 2 is 2.21 bits per heavy atom. The van der Waals surface area contributed by atoms with Crippen LogP contribution in [0.1, 0.15) is 35.1 Å². The highest BCUT2D eigenvalue weighted by Crippen LogP contribution is 2.43. The molecule has 0 atom stereocenters. The maximum atomic E-state index is 12.8. The van der Waals surface area contributed by atoms with Crippen LogP contribution in [-0.2, 0) is 0 Å². The molecule has 4 aromatic heterocycles. The number of anilines is 3. The first-order chi connectivity index (χ1) is 13.9. The Hall–Kier alpha value is -3.49. The second-order valence-electron chi connectivity index (χ2n) is 6.46. The summed E-state index contributed by atoms with van der Waals surface area (Å²) >= 11 is 2.56. The van der Waals surface area contributed by atoms with Gasteiger partial charge in [-0.15, -0.1) is 22.7 Å². The molecule has 4 rings (SSSR count). The number of nitriles is 1. The van der Waals surface area contributed by atoms with Gasteiger partial charge in [-0.25, -0.2) is 4.98 Å². The summed E-state index contributed by atoms with van der Waals surface area (Å²) < 4.78 is 6.72. The normalized spacial score (nSPS) is 11.1. The van der Waals surface area contributed by atoms with Gasteiger partial charge in [0.15, 0.2) is 6.04 Å². The number of amides is 1. The molecule has 11 heteroatoms. The summed E-state index contributed by atoms with van der Waals surface area (Å²) in [7, 11) is 0. The molecule has 0 unspecified atom stereocenters. The van der Waals surface area contributed by atoms with Crippen LogP contribution in [0.5, 0.6) is 0 Å². The van der Waals surface area contributed by atoms with E-state index >= 15 is 0 Å². The molecule has 0 saturated heterocycles. The van der Waals surface area contributed by atoms with Crippen LogP contribution >= 0.6 is 22.7 Å². The maximum absolute atomic E-state index is 12.8.